The van der Waals surface area contributed by atoms with Gasteiger partial charge in [0.1, 0.15) is 29.1 Å². The molecule has 29 heavy (non-hydrogen) atoms. The summed E-state index contributed by atoms with van der Waals surface area (Å²) in [6, 6.07) is 10.5. The molecule has 0 fully saturated rings. The number of nitrogens with zero attached hydrogens (tertiary/aromatic N) is 6. The molecule has 0 amide bonds. The predicted octanol–water partition coefficient (Wildman–Crippen LogP) is 2.68. The van der Waals surface area contributed by atoms with Gasteiger partial charge in [0.25, 0.3) is 0 Å². The van der Waals surface area contributed by atoms with Gasteiger partial charge in [0, 0.05) is 12.3 Å². The van der Waals surface area contributed by atoms with E-state index in [-0.39, 0.29) is 17.2 Å². The average molecular weight is 390 g/mol. The second-order valence-corrected chi connectivity index (χ2v) is 6.24. The molecule has 1 atom stereocenters. The number of nitrogens with two attached hydrogens (primary N) is 1. The molecule has 4 N–H and O–H groups in total. The van der Waals surface area contributed by atoms with E-state index in [1.165, 1.54) is 12.1 Å². The minimum Gasteiger partial charge on any atom is -0.479 e. The van der Waals surface area contributed by atoms with E-state index in [9.17, 15) is 14.8 Å². The van der Waals surface area contributed by atoms with E-state index in [1.54, 1.807) is 35.9 Å². The van der Waals surface area contributed by atoms with E-state index < -0.39 is 17.9 Å². The van der Waals surface area contributed by atoms with Crippen LogP contribution in [0.3, 0.4) is 0 Å². The Bertz CT molecular complexity index is 1250. The van der Waals surface area contributed by atoms with Crippen molar-refractivity contribution in [3.05, 3.63) is 59.8 Å². The van der Waals surface area contributed by atoms with Gasteiger partial charge in [-0.25, -0.2) is 14.4 Å². The maximum atomic E-state index is 13.9. The lowest BCUT2D eigenvalue weighted by molar-refractivity contribution is 0.432. The van der Waals surface area contributed by atoms with Gasteiger partial charge >= 0.3 is 6.01 Å². The molecule has 0 radical (unpaired) electrons. The van der Waals surface area contributed by atoms with Crippen LogP contribution in [0.5, 0.6) is 6.01 Å². The number of nitrogens with one attached hydrogen (secondary N) is 1. The van der Waals surface area contributed by atoms with E-state index in [1.807, 2.05) is 12.1 Å². The number of anilines is 2. The predicted molar refractivity (Wildman–Crippen MR) is 104 cm³/mol. The molecule has 0 bridgehead atoms. The standard InChI is InChI=1S/C19H15FN8O/c1-10(24-17-12(9-21)16(22)26-19(29)27-17)18-25-13-6-5-11(20)8-14(13)28(18)15-4-2-3-7-23-15/h2-8,10H,1H3,(H4,22,24,26,27,29)/t10-/m0/s1. The van der Waals surface area contributed by atoms with Crippen molar-refractivity contribution in [1.82, 2.24) is 24.5 Å². The quantitative estimate of drug-likeness (QED) is 0.483. The summed E-state index contributed by atoms with van der Waals surface area (Å²) in [5.41, 5.74) is 6.82. The Balaban J connectivity index is 1.85. The molecule has 0 saturated carbocycles. The SMILES string of the molecule is C[C@H](Nc1nc(O)nc(N)c1C#N)c1nc2ccc(F)cc2n1-c1ccccn1. The van der Waals surface area contributed by atoms with Crippen molar-refractivity contribution in [3.8, 4) is 17.9 Å². The van der Waals surface area contributed by atoms with Crippen molar-refractivity contribution < 1.29 is 9.50 Å². The van der Waals surface area contributed by atoms with Crippen molar-refractivity contribution >= 4 is 22.7 Å². The van der Waals surface area contributed by atoms with Crippen LogP contribution in [0.25, 0.3) is 16.9 Å². The Morgan fingerprint density at radius 3 is 2.79 bits per heavy atom. The number of aromatic nitrogens is 5. The summed E-state index contributed by atoms with van der Waals surface area (Å²) in [4.78, 5) is 16.4. The minimum atomic E-state index is -0.559. The molecule has 0 aliphatic carbocycles. The topological polar surface area (TPSA) is 139 Å². The summed E-state index contributed by atoms with van der Waals surface area (Å²) in [6.07, 6.45) is 1.62. The first kappa shape index (κ1) is 18.1. The molecule has 0 unspecified atom stereocenters. The zero-order valence-electron chi connectivity index (χ0n) is 15.2. The van der Waals surface area contributed by atoms with Gasteiger partial charge in [-0.1, -0.05) is 6.07 Å². The zero-order valence-corrected chi connectivity index (χ0v) is 15.2. The van der Waals surface area contributed by atoms with Crippen LogP contribution in [0.2, 0.25) is 0 Å². The van der Waals surface area contributed by atoms with Crippen LogP contribution in [-0.4, -0.2) is 29.6 Å². The molecule has 3 aromatic heterocycles. The number of nitrogen functional groups attached to an aromatic ring is 1. The molecule has 4 aromatic rings. The molecule has 0 spiro atoms. The molecule has 10 heteroatoms. The van der Waals surface area contributed by atoms with Crippen LogP contribution < -0.4 is 11.1 Å². The molecular weight excluding hydrogens is 375 g/mol. The first-order chi connectivity index (χ1) is 14.0. The van der Waals surface area contributed by atoms with Crippen LogP contribution in [0.15, 0.2) is 42.6 Å². The van der Waals surface area contributed by atoms with Crippen molar-refractivity contribution in [3.63, 3.8) is 0 Å². The number of hydrogen-bond acceptors (Lipinski definition) is 8. The summed E-state index contributed by atoms with van der Waals surface area (Å²) >= 11 is 0. The molecule has 0 saturated heterocycles. The van der Waals surface area contributed by atoms with Gasteiger partial charge in [-0.3, -0.25) is 4.57 Å². The lowest BCUT2D eigenvalue weighted by Crippen LogP contribution is -2.16. The largest absolute Gasteiger partial charge is 0.479 e. The number of rotatable bonds is 4. The van der Waals surface area contributed by atoms with Gasteiger partial charge in [-0.05, 0) is 31.2 Å². The molecule has 0 aliphatic rings. The number of imidazole rings is 1. The monoisotopic (exact) mass is 390 g/mol. The molecular formula is C19H15FN8O. The second kappa shape index (κ2) is 7.05. The molecule has 3 heterocycles. The lowest BCUT2D eigenvalue weighted by atomic mass is 10.2. The number of fused-ring (bicyclic) bond motifs is 1. The van der Waals surface area contributed by atoms with Gasteiger partial charge in [0.05, 0.1) is 17.1 Å². The van der Waals surface area contributed by atoms with Gasteiger partial charge in [0.15, 0.2) is 11.6 Å². The van der Waals surface area contributed by atoms with E-state index in [2.05, 4.69) is 25.3 Å². The van der Waals surface area contributed by atoms with Crippen molar-refractivity contribution in [1.29, 1.82) is 5.26 Å². The van der Waals surface area contributed by atoms with Gasteiger partial charge < -0.3 is 16.2 Å². The fraction of sp³-hybridized carbons (Fsp3) is 0.105. The van der Waals surface area contributed by atoms with E-state index in [0.29, 0.717) is 22.7 Å². The van der Waals surface area contributed by atoms with Crippen molar-refractivity contribution in [2.24, 2.45) is 0 Å². The molecule has 4 rings (SSSR count). The van der Waals surface area contributed by atoms with Gasteiger partial charge in [0.2, 0.25) is 0 Å². The highest BCUT2D eigenvalue weighted by Crippen LogP contribution is 2.29. The first-order valence-corrected chi connectivity index (χ1v) is 8.60. The molecule has 0 aliphatic heterocycles. The first-order valence-electron chi connectivity index (χ1n) is 8.60. The average Bonchev–Trinajstić information content (AvgIpc) is 3.07. The van der Waals surface area contributed by atoms with E-state index in [0.717, 1.165) is 0 Å². The van der Waals surface area contributed by atoms with Gasteiger partial charge in [-0.2, -0.15) is 15.2 Å². The van der Waals surface area contributed by atoms with Crippen LogP contribution in [0.1, 0.15) is 24.4 Å². The number of aromatic hydroxyl groups is 1. The third-order valence-electron chi connectivity index (χ3n) is 4.30. The van der Waals surface area contributed by atoms with Crippen LogP contribution in [0.4, 0.5) is 16.0 Å². The van der Waals surface area contributed by atoms with Crippen molar-refractivity contribution in [2.75, 3.05) is 11.1 Å². The molecule has 1 aromatic carbocycles. The maximum absolute atomic E-state index is 13.9. The van der Waals surface area contributed by atoms with Crippen LogP contribution >= 0.6 is 0 Å². The van der Waals surface area contributed by atoms with E-state index in [4.69, 9.17) is 5.73 Å². The molecule has 144 valence electrons. The summed E-state index contributed by atoms with van der Waals surface area (Å²) in [6.45, 7) is 1.79. The summed E-state index contributed by atoms with van der Waals surface area (Å²) in [5.74, 6) is 0.576. The summed E-state index contributed by atoms with van der Waals surface area (Å²) in [5, 5.41) is 22.0. The van der Waals surface area contributed by atoms with Gasteiger partial charge in [-0.15, -0.1) is 0 Å². The summed E-state index contributed by atoms with van der Waals surface area (Å²) in [7, 11) is 0. The molecule has 9 nitrogen and oxygen atoms in total. The second-order valence-electron chi connectivity index (χ2n) is 6.24. The van der Waals surface area contributed by atoms with Crippen molar-refractivity contribution in [2.45, 2.75) is 13.0 Å². The van der Waals surface area contributed by atoms with Crippen LogP contribution in [-0.2, 0) is 0 Å². The van der Waals surface area contributed by atoms with E-state index >= 15 is 0 Å². The third-order valence-corrected chi connectivity index (χ3v) is 4.30. The Morgan fingerprint density at radius 2 is 2.07 bits per heavy atom. The zero-order chi connectivity index (χ0) is 20.5. The number of benzene rings is 1. The maximum Gasteiger partial charge on any atom is 0.317 e. The highest BCUT2D eigenvalue weighted by atomic mass is 19.1. The summed E-state index contributed by atoms with van der Waals surface area (Å²) < 4.78 is 15.6. The Morgan fingerprint density at radius 1 is 1.24 bits per heavy atom. The Kier molecular flexibility index (Phi) is 4.40. The van der Waals surface area contributed by atoms with Crippen LogP contribution in [0, 0.1) is 17.1 Å². The fourth-order valence-corrected chi connectivity index (χ4v) is 3.03. The Hall–Kier alpha value is -4.26. The normalized spacial score (nSPS) is 11.9. The Labute approximate surface area is 164 Å². The fourth-order valence-electron chi connectivity index (χ4n) is 3.03. The smallest absolute Gasteiger partial charge is 0.317 e. The number of hydrogen-bond donors (Lipinski definition) is 3. The third kappa shape index (κ3) is 3.25. The number of pyridine rings is 1. The highest BCUT2D eigenvalue weighted by molar-refractivity contribution is 5.78. The minimum absolute atomic E-state index is 0.00110. The number of nitriles is 1. The highest BCUT2D eigenvalue weighted by Gasteiger charge is 2.21. The lowest BCUT2D eigenvalue weighted by Gasteiger charge is -2.17. The number of halogens is 1.